The van der Waals surface area contributed by atoms with Crippen LogP contribution < -0.4 is 0 Å². The average Bonchev–Trinajstić information content (AvgIpc) is 3.90. The molecule has 0 N–H and O–H groups in total. The van der Waals surface area contributed by atoms with E-state index in [0.29, 0.717) is 17.5 Å². The maximum Gasteiger partial charge on any atom is 0.167 e. The number of hydrogen-bond donors (Lipinski definition) is 0. The Morgan fingerprint density at radius 2 is 1.05 bits per heavy atom. The highest BCUT2D eigenvalue weighted by atomic mass is 32.1. The van der Waals surface area contributed by atoms with Gasteiger partial charge in [-0.1, -0.05) is 146 Å². The number of aromatic nitrogens is 5. The van der Waals surface area contributed by atoms with E-state index in [1.807, 2.05) is 18.3 Å². The highest BCUT2D eigenvalue weighted by Crippen LogP contribution is 2.44. The van der Waals surface area contributed by atoms with Crippen molar-refractivity contribution in [3.8, 4) is 67.7 Å². The van der Waals surface area contributed by atoms with Gasteiger partial charge in [-0.25, -0.2) is 15.0 Å². The molecule has 6 nitrogen and oxygen atoms in total. The van der Waals surface area contributed by atoms with Crippen LogP contribution in [-0.2, 0) is 0 Å². The lowest BCUT2D eigenvalue weighted by Crippen LogP contribution is -2.00. The predicted octanol–water partition coefficient (Wildman–Crippen LogP) is 14.1. The molecule has 0 radical (unpaired) electrons. The molecule has 12 aromatic rings. The molecule has 280 valence electrons. The third kappa shape index (κ3) is 5.67. The molecular formula is C53H31N5OS. The Morgan fingerprint density at radius 3 is 1.87 bits per heavy atom. The van der Waals surface area contributed by atoms with E-state index in [0.717, 1.165) is 93.0 Å². The zero-order valence-corrected chi connectivity index (χ0v) is 32.8. The van der Waals surface area contributed by atoms with Gasteiger partial charge < -0.3 is 4.42 Å². The Morgan fingerprint density at radius 1 is 0.400 bits per heavy atom. The van der Waals surface area contributed by atoms with Crippen molar-refractivity contribution in [1.82, 2.24) is 24.9 Å². The number of rotatable bonds is 6. The minimum Gasteiger partial charge on any atom is -0.455 e. The quantitative estimate of drug-likeness (QED) is 0.167. The number of furan rings is 1. The van der Waals surface area contributed by atoms with Crippen molar-refractivity contribution in [1.29, 1.82) is 0 Å². The number of thiophene rings is 1. The van der Waals surface area contributed by atoms with Crippen LogP contribution >= 0.6 is 11.3 Å². The fourth-order valence-corrected chi connectivity index (χ4v) is 9.70. The van der Waals surface area contributed by atoms with Crippen LogP contribution in [0.5, 0.6) is 0 Å². The van der Waals surface area contributed by atoms with Crippen LogP contribution in [0.2, 0.25) is 0 Å². The second-order valence-electron chi connectivity index (χ2n) is 14.8. The molecule has 60 heavy (non-hydrogen) atoms. The smallest absolute Gasteiger partial charge is 0.167 e. The van der Waals surface area contributed by atoms with E-state index in [1.54, 1.807) is 23.7 Å². The maximum absolute atomic E-state index is 6.86. The third-order valence-corrected chi connectivity index (χ3v) is 12.5. The second kappa shape index (κ2) is 13.9. The highest BCUT2D eigenvalue weighted by Gasteiger charge is 2.21. The molecule has 0 fully saturated rings. The van der Waals surface area contributed by atoms with Crippen LogP contribution in [0.25, 0.3) is 121 Å². The molecule has 0 spiro atoms. The molecule has 4 heterocycles. The molecule has 0 saturated carbocycles. The number of para-hydroxylation sites is 2. The van der Waals surface area contributed by atoms with Crippen LogP contribution in [0.3, 0.4) is 0 Å². The standard InChI is InChI=1S/C53H31N5OS/c1-2-12-33(13-3-1)38-17-8-18-41-42-19-9-21-44(49(42)59-48(38)41)52-56-51(36-24-23-32-11-4-5-14-34(32)29-36)57-53(58-52)45-22-10-20-43-40-26-25-35(30-47(40)60-50(43)45)37-15-6-7-16-39(37)46-31-54-27-28-55-46/h1-31H. The van der Waals surface area contributed by atoms with Crippen LogP contribution in [0, 0.1) is 0 Å². The summed E-state index contributed by atoms with van der Waals surface area (Å²) in [6, 6.07) is 59.2. The van der Waals surface area contributed by atoms with Crippen LogP contribution in [0.4, 0.5) is 0 Å². The Bertz CT molecular complexity index is 3620. The minimum atomic E-state index is 0.551. The van der Waals surface area contributed by atoms with Crippen molar-refractivity contribution in [3.05, 3.63) is 188 Å². The Labute approximate surface area is 348 Å². The summed E-state index contributed by atoms with van der Waals surface area (Å²) in [7, 11) is 0. The molecule has 0 saturated heterocycles. The normalized spacial score (nSPS) is 11.7. The lowest BCUT2D eigenvalue weighted by atomic mass is 9.97. The fraction of sp³-hybridized carbons (Fsp3) is 0. The predicted molar refractivity (Wildman–Crippen MR) is 246 cm³/mol. The molecule has 4 aromatic heterocycles. The van der Waals surface area contributed by atoms with Gasteiger partial charge in [-0.2, -0.15) is 0 Å². The van der Waals surface area contributed by atoms with E-state index >= 15 is 0 Å². The minimum absolute atomic E-state index is 0.551. The first-order valence-electron chi connectivity index (χ1n) is 19.8. The summed E-state index contributed by atoms with van der Waals surface area (Å²) < 4.78 is 9.15. The van der Waals surface area contributed by atoms with Crippen LogP contribution in [0.15, 0.2) is 193 Å². The van der Waals surface area contributed by atoms with Gasteiger partial charge >= 0.3 is 0 Å². The molecule has 8 aromatic carbocycles. The molecule has 7 heteroatoms. The topological polar surface area (TPSA) is 77.6 Å². The molecule has 0 aliphatic carbocycles. The molecule has 0 amide bonds. The summed E-state index contributed by atoms with van der Waals surface area (Å²) >= 11 is 1.76. The number of fused-ring (bicyclic) bond motifs is 7. The Balaban J connectivity index is 1.06. The lowest BCUT2D eigenvalue weighted by molar-refractivity contribution is 0.670. The molecule has 0 aliphatic rings. The van der Waals surface area contributed by atoms with Crippen molar-refractivity contribution < 1.29 is 4.42 Å². The largest absolute Gasteiger partial charge is 0.455 e. The van der Waals surface area contributed by atoms with Crippen molar-refractivity contribution in [2.24, 2.45) is 0 Å². The summed E-state index contributed by atoms with van der Waals surface area (Å²) in [6.07, 6.45) is 5.25. The van der Waals surface area contributed by atoms with Crippen LogP contribution in [0.1, 0.15) is 0 Å². The highest BCUT2D eigenvalue weighted by molar-refractivity contribution is 7.26. The Kier molecular flexibility index (Phi) is 7.92. The summed E-state index contributed by atoms with van der Waals surface area (Å²) in [5, 5.41) is 6.68. The molecule has 0 aliphatic heterocycles. The maximum atomic E-state index is 6.86. The van der Waals surface area contributed by atoms with Gasteiger partial charge in [0.15, 0.2) is 17.5 Å². The molecule has 0 unspecified atom stereocenters. The van der Waals surface area contributed by atoms with Gasteiger partial charge in [0.1, 0.15) is 11.2 Å². The molecule has 0 bridgehead atoms. The van der Waals surface area contributed by atoms with E-state index in [9.17, 15) is 0 Å². The SMILES string of the molecule is c1ccc(-c2cccc3c2oc2c(-c4nc(-c5ccc6ccccc6c5)nc(-c5cccc6c5sc5cc(-c7ccccc7-c7cnccn7)ccc56)n4)cccc23)cc1. The summed E-state index contributed by atoms with van der Waals surface area (Å²) in [4.78, 5) is 24.7. The first-order valence-corrected chi connectivity index (χ1v) is 20.6. The van der Waals surface area contributed by atoms with Crippen molar-refractivity contribution in [3.63, 3.8) is 0 Å². The van der Waals surface area contributed by atoms with E-state index in [1.165, 1.54) is 10.1 Å². The van der Waals surface area contributed by atoms with E-state index in [-0.39, 0.29) is 0 Å². The van der Waals surface area contributed by atoms with Gasteiger partial charge in [0.2, 0.25) is 0 Å². The molecular weight excluding hydrogens is 755 g/mol. The van der Waals surface area contributed by atoms with E-state index < -0.39 is 0 Å². The third-order valence-electron chi connectivity index (χ3n) is 11.3. The molecule has 12 rings (SSSR count). The van der Waals surface area contributed by atoms with Gasteiger partial charge in [-0.15, -0.1) is 11.3 Å². The van der Waals surface area contributed by atoms with Crippen molar-refractivity contribution in [2.75, 3.05) is 0 Å². The molecule has 0 atom stereocenters. The van der Waals surface area contributed by atoms with Crippen molar-refractivity contribution in [2.45, 2.75) is 0 Å². The fourth-order valence-electron chi connectivity index (χ4n) is 8.45. The lowest BCUT2D eigenvalue weighted by Gasteiger charge is -2.10. The Hall–Kier alpha value is -7.87. The monoisotopic (exact) mass is 785 g/mol. The second-order valence-corrected chi connectivity index (χ2v) is 15.9. The van der Waals surface area contributed by atoms with Gasteiger partial charge in [0.05, 0.1) is 17.5 Å². The number of hydrogen-bond acceptors (Lipinski definition) is 7. The average molecular weight is 786 g/mol. The first-order chi connectivity index (χ1) is 29.7. The zero-order valence-electron chi connectivity index (χ0n) is 32.0. The zero-order chi connectivity index (χ0) is 39.6. The van der Waals surface area contributed by atoms with Gasteiger partial charge in [-0.05, 0) is 51.7 Å². The first kappa shape index (κ1) is 34.2. The van der Waals surface area contributed by atoms with E-state index in [2.05, 4.69) is 168 Å². The summed E-state index contributed by atoms with van der Waals surface area (Å²) in [6.45, 7) is 0. The number of nitrogens with zero attached hydrogens (tertiary/aromatic N) is 5. The van der Waals surface area contributed by atoms with Crippen molar-refractivity contribution >= 4 is 64.2 Å². The summed E-state index contributed by atoms with van der Waals surface area (Å²) in [5.74, 6) is 1.75. The van der Waals surface area contributed by atoms with Crippen LogP contribution in [-0.4, -0.2) is 24.9 Å². The number of benzene rings is 8. The van der Waals surface area contributed by atoms with Gasteiger partial charge in [-0.3, -0.25) is 9.97 Å². The van der Waals surface area contributed by atoms with E-state index in [4.69, 9.17) is 19.4 Å². The van der Waals surface area contributed by atoms with Gasteiger partial charge in [0.25, 0.3) is 0 Å². The van der Waals surface area contributed by atoms with Gasteiger partial charge in [0, 0.05) is 65.6 Å². The summed E-state index contributed by atoms with van der Waals surface area (Å²) in [5.41, 5.74) is 10.5.